The molecule has 0 amide bonds. The van der Waals surface area contributed by atoms with Crippen LogP contribution in [0, 0.1) is 0 Å². The van der Waals surface area contributed by atoms with Crippen LogP contribution in [0.3, 0.4) is 0 Å². The third-order valence-electron chi connectivity index (χ3n) is 17.3. The first kappa shape index (κ1) is 43.8. The van der Waals surface area contributed by atoms with Crippen molar-refractivity contribution in [3.63, 3.8) is 0 Å². The van der Waals surface area contributed by atoms with Crippen LogP contribution < -0.4 is 9.80 Å². The molecule has 0 radical (unpaired) electrons. The summed E-state index contributed by atoms with van der Waals surface area (Å²) in [5.74, 6) is 1.28. The smallest absolute Gasteiger partial charge is 0.0727 e. The van der Waals surface area contributed by atoms with E-state index in [-0.39, 0.29) is 0 Å². The highest BCUT2D eigenvalue weighted by molar-refractivity contribution is 6.06. The van der Waals surface area contributed by atoms with E-state index in [2.05, 4.69) is 240 Å². The van der Waals surface area contributed by atoms with E-state index < -0.39 is 5.41 Å². The molecule has 73 heavy (non-hydrogen) atoms. The summed E-state index contributed by atoms with van der Waals surface area (Å²) in [6, 6.07) is 88.0. The maximum Gasteiger partial charge on any atom is 0.0727 e. The van der Waals surface area contributed by atoms with Gasteiger partial charge in [0.25, 0.3) is 0 Å². The Morgan fingerprint density at radius 1 is 0.315 bits per heavy atom. The minimum Gasteiger partial charge on any atom is -0.310 e. The van der Waals surface area contributed by atoms with Crippen molar-refractivity contribution in [2.45, 2.75) is 81.5 Å². The van der Waals surface area contributed by atoms with Gasteiger partial charge in [0.15, 0.2) is 0 Å². The molecule has 1 atom stereocenters. The molecular weight excluding hydrogens is 881 g/mol. The molecule has 0 aliphatic heterocycles. The SMILES string of the molecule is c1ccc(-c2c(N(c3ccc(C4CCCCC4)cc3)c3ccc4c(c3)C3(c5ccccc5-c5ccc(N(c6ccccc6)c6ccc(C7CCCCC7)cc6)cc53)c3ccccc3-4)ccc3ccccc23)cc1. The van der Waals surface area contributed by atoms with E-state index in [1.54, 1.807) is 0 Å². The normalized spacial score (nSPS) is 17.0. The number of para-hydroxylation sites is 1. The fraction of sp³-hybridized carbons (Fsp3) is 0.183. The molecule has 1 unspecified atom stereocenters. The molecule has 2 fully saturated rings. The average molecular weight is 941 g/mol. The molecule has 2 heteroatoms. The van der Waals surface area contributed by atoms with Crippen LogP contribution in [0.5, 0.6) is 0 Å². The zero-order chi connectivity index (χ0) is 48.3. The average Bonchev–Trinajstić information content (AvgIpc) is 3.93. The van der Waals surface area contributed by atoms with Gasteiger partial charge in [-0.05, 0) is 176 Å². The summed E-state index contributed by atoms with van der Waals surface area (Å²) < 4.78 is 0. The van der Waals surface area contributed by atoms with Crippen LogP contribution in [0.25, 0.3) is 44.2 Å². The van der Waals surface area contributed by atoms with Gasteiger partial charge >= 0.3 is 0 Å². The van der Waals surface area contributed by atoms with E-state index in [1.807, 2.05) is 0 Å². The quantitative estimate of drug-likeness (QED) is 0.142. The minimum absolute atomic E-state index is 0.570. The van der Waals surface area contributed by atoms with Gasteiger partial charge in [-0.25, -0.2) is 0 Å². The highest BCUT2D eigenvalue weighted by Crippen LogP contribution is 2.64. The topological polar surface area (TPSA) is 6.48 Å². The molecule has 0 aromatic heterocycles. The lowest BCUT2D eigenvalue weighted by atomic mass is 9.70. The van der Waals surface area contributed by atoms with Gasteiger partial charge in [0.05, 0.1) is 11.1 Å². The molecule has 10 aromatic carbocycles. The first-order chi connectivity index (χ1) is 36.2. The van der Waals surface area contributed by atoms with Gasteiger partial charge < -0.3 is 9.80 Å². The van der Waals surface area contributed by atoms with Crippen molar-refractivity contribution in [2.24, 2.45) is 0 Å². The highest BCUT2D eigenvalue weighted by atomic mass is 15.1. The predicted octanol–water partition coefficient (Wildman–Crippen LogP) is 19.9. The Kier molecular flexibility index (Phi) is 11.0. The maximum absolute atomic E-state index is 2.56. The lowest BCUT2D eigenvalue weighted by Crippen LogP contribution is -2.26. The number of nitrogens with zero attached hydrogens (tertiary/aromatic N) is 2. The number of hydrogen-bond acceptors (Lipinski definition) is 2. The largest absolute Gasteiger partial charge is 0.310 e. The van der Waals surface area contributed by atoms with Crippen molar-refractivity contribution in [1.29, 1.82) is 0 Å². The second-order valence-electron chi connectivity index (χ2n) is 21.2. The van der Waals surface area contributed by atoms with Gasteiger partial charge in [0.2, 0.25) is 0 Å². The molecule has 0 bridgehead atoms. The Morgan fingerprint density at radius 2 is 0.753 bits per heavy atom. The van der Waals surface area contributed by atoms with Gasteiger partial charge in [0, 0.05) is 34.0 Å². The number of rotatable bonds is 9. The van der Waals surface area contributed by atoms with Crippen molar-refractivity contribution in [3.05, 3.63) is 264 Å². The zero-order valence-electron chi connectivity index (χ0n) is 41.6. The van der Waals surface area contributed by atoms with Crippen LogP contribution in [0.15, 0.2) is 231 Å². The Bertz CT molecular complexity index is 3620. The van der Waals surface area contributed by atoms with E-state index in [9.17, 15) is 0 Å². The first-order valence-electron chi connectivity index (χ1n) is 27.1. The van der Waals surface area contributed by atoms with E-state index >= 15 is 0 Å². The maximum atomic E-state index is 2.56. The molecule has 10 aromatic rings. The summed E-state index contributed by atoms with van der Waals surface area (Å²) in [6.07, 6.45) is 13.2. The number of benzene rings is 10. The molecular formula is C71H60N2. The van der Waals surface area contributed by atoms with Crippen LogP contribution in [0.4, 0.5) is 34.1 Å². The van der Waals surface area contributed by atoms with Crippen molar-refractivity contribution in [3.8, 4) is 33.4 Å². The van der Waals surface area contributed by atoms with Gasteiger partial charge in [0.1, 0.15) is 0 Å². The lowest BCUT2D eigenvalue weighted by Gasteiger charge is -2.34. The molecule has 0 heterocycles. The van der Waals surface area contributed by atoms with Crippen LogP contribution in [-0.2, 0) is 5.41 Å². The van der Waals surface area contributed by atoms with Crippen molar-refractivity contribution < 1.29 is 0 Å². The number of anilines is 6. The summed E-state index contributed by atoms with van der Waals surface area (Å²) >= 11 is 0. The van der Waals surface area contributed by atoms with Gasteiger partial charge in [-0.3, -0.25) is 0 Å². The van der Waals surface area contributed by atoms with Crippen molar-refractivity contribution in [2.75, 3.05) is 9.80 Å². The highest BCUT2D eigenvalue weighted by Gasteiger charge is 2.52. The second-order valence-corrected chi connectivity index (χ2v) is 21.2. The van der Waals surface area contributed by atoms with Crippen LogP contribution >= 0.6 is 0 Å². The molecule has 4 aliphatic rings. The van der Waals surface area contributed by atoms with Crippen LogP contribution in [0.2, 0.25) is 0 Å². The van der Waals surface area contributed by atoms with E-state index in [1.165, 1.54) is 159 Å². The molecule has 14 rings (SSSR count). The van der Waals surface area contributed by atoms with Crippen LogP contribution in [0.1, 0.15) is 109 Å². The van der Waals surface area contributed by atoms with Crippen molar-refractivity contribution >= 4 is 44.9 Å². The molecule has 354 valence electrons. The summed E-state index contributed by atoms with van der Waals surface area (Å²) in [7, 11) is 0. The van der Waals surface area contributed by atoms with E-state index in [0.717, 1.165) is 17.1 Å². The molecule has 1 spiro atoms. The molecule has 2 nitrogen and oxygen atoms in total. The van der Waals surface area contributed by atoms with Crippen molar-refractivity contribution in [1.82, 2.24) is 0 Å². The Hall–Kier alpha value is -7.94. The van der Waals surface area contributed by atoms with E-state index in [4.69, 9.17) is 0 Å². The predicted molar refractivity (Wildman–Crippen MR) is 307 cm³/mol. The fourth-order valence-electron chi connectivity index (χ4n) is 13.9. The van der Waals surface area contributed by atoms with Gasteiger partial charge in [-0.15, -0.1) is 0 Å². The summed E-state index contributed by atoms with van der Waals surface area (Å²) in [4.78, 5) is 5.03. The number of hydrogen-bond donors (Lipinski definition) is 0. The zero-order valence-corrected chi connectivity index (χ0v) is 41.6. The molecule has 0 N–H and O–H groups in total. The minimum atomic E-state index is -0.570. The third-order valence-corrected chi connectivity index (χ3v) is 17.3. The first-order valence-corrected chi connectivity index (χ1v) is 27.1. The standard InChI is InChI=1S/C71H60N2/c1-5-19-49(20-6-1)51-33-38-56(39-34-51)72(55-26-11-4-12-27-55)58-42-44-63-61-29-15-17-31-65(61)71(67(63)47-58)66-32-18-16-30-62(66)64-45-43-59(48-68(64)71)73(57-40-35-52(36-41-57)50-21-7-2-8-22-50)69-46-37-53-23-13-14-28-60(53)70(69)54-24-9-3-10-25-54/h3-4,9-18,23-50H,1-2,5-8,19-22H2. The summed E-state index contributed by atoms with van der Waals surface area (Å²) in [6.45, 7) is 0. The molecule has 4 aliphatic carbocycles. The lowest BCUT2D eigenvalue weighted by molar-refractivity contribution is 0.443. The monoisotopic (exact) mass is 940 g/mol. The summed E-state index contributed by atoms with van der Waals surface area (Å²) in [5, 5.41) is 2.48. The second kappa shape index (κ2) is 18.3. The van der Waals surface area contributed by atoms with E-state index in [0.29, 0.717) is 11.8 Å². The van der Waals surface area contributed by atoms with Gasteiger partial charge in [-0.2, -0.15) is 0 Å². The number of fused-ring (bicyclic) bond motifs is 11. The fourth-order valence-corrected chi connectivity index (χ4v) is 13.9. The van der Waals surface area contributed by atoms with Gasteiger partial charge in [-0.1, -0.05) is 202 Å². The van der Waals surface area contributed by atoms with Crippen LogP contribution in [-0.4, -0.2) is 0 Å². The molecule has 0 saturated heterocycles. The Morgan fingerprint density at radius 3 is 1.33 bits per heavy atom. The summed E-state index contributed by atoms with van der Waals surface area (Å²) in [5.41, 5.74) is 22.3. The molecule has 2 saturated carbocycles. The Labute approximate surface area is 431 Å². The Balaban J connectivity index is 0.987. The third kappa shape index (κ3) is 7.28.